The number of morpholine rings is 1. The molecule has 2 aliphatic heterocycles. The molecule has 9 nitrogen and oxygen atoms in total. The fourth-order valence-corrected chi connectivity index (χ4v) is 5.21. The summed E-state index contributed by atoms with van der Waals surface area (Å²) in [6.45, 7) is 3.37. The van der Waals surface area contributed by atoms with Crippen molar-refractivity contribution in [2.24, 2.45) is 0 Å². The van der Waals surface area contributed by atoms with Crippen LogP contribution in [0.1, 0.15) is 41.0 Å². The highest BCUT2D eigenvalue weighted by Gasteiger charge is 2.46. The van der Waals surface area contributed by atoms with E-state index in [1.54, 1.807) is 48.0 Å². The van der Waals surface area contributed by atoms with Crippen LogP contribution in [0.3, 0.4) is 0 Å². The van der Waals surface area contributed by atoms with Crippen LogP contribution in [0.2, 0.25) is 5.02 Å². The van der Waals surface area contributed by atoms with Crippen molar-refractivity contribution in [2.45, 2.75) is 38.2 Å². The molecule has 0 saturated carbocycles. The van der Waals surface area contributed by atoms with Crippen molar-refractivity contribution in [2.75, 3.05) is 39.9 Å². The smallest absolute Gasteiger partial charge is 0.276 e. The normalized spacial score (nSPS) is 20.9. The van der Waals surface area contributed by atoms with Gasteiger partial charge < -0.3 is 19.3 Å². The quantitative estimate of drug-likeness (QED) is 0.495. The molecule has 2 amide bonds. The Bertz CT molecular complexity index is 1310. The Morgan fingerprint density at radius 1 is 1.03 bits per heavy atom. The fraction of sp³-hybridized carbons (Fsp3) is 0.429. The number of nitrogens with zero attached hydrogens (tertiary/aromatic N) is 5. The molecular weight excluding hydrogens is 506 g/mol. The van der Waals surface area contributed by atoms with Gasteiger partial charge in [-0.15, -0.1) is 5.10 Å². The summed E-state index contributed by atoms with van der Waals surface area (Å²) < 4.78 is 12.2. The van der Waals surface area contributed by atoms with E-state index < -0.39 is 5.60 Å². The summed E-state index contributed by atoms with van der Waals surface area (Å²) in [5.41, 5.74) is 1.53. The zero-order valence-electron chi connectivity index (χ0n) is 21.7. The fourth-order valence-electron chi connectivity index (χ4n) is 5.08. The van der Waals surface area contributed by atoms with Gasteiger partial charge in [0, 0.05) is 18.6 Å². The van der Waals surface area contributed by atoms with Crippen LogP contribution < -0.4 is 4.74 Å². The van der Waals surface area contributed by atoms with Gasteiger partial charge in [-0.05, 0) is 68.5 Å². The summed E-state index contributed by atoms with van der Waals surface area (Å²) in [7, 11) is 1.76. The van der Waals surface area contributed by atoms with Gasteiger partial charge in [0.1, 0.15) is 12.4 Å². The van der Waals surface area contributed by atoms with E-state index in [0.717, 1.165) is 30.6 Å². The van der Waals surface area contributed by atoms with Crippen molar-refractivity contribution in [3.8, 4) is 11.4 Å². The van der Waals surface area contributed by atoms with Crippen molar-refractivity contribution in [3.63, 3.8) is 0 Å². The second-order valence-corrected chi connectivity index (χ2v) is 10.3. The molecular formula is C28H32ClN5O4. The maximum Gasteiger partial charge on any atom is 0.276 e. The van der Waals surface area contributed by atoms with Gasteiger partial charge in [0.15, 0.2) is 11.3 Å². The molecule has 3 aromatic rings. The third kappa shape index (κ3) is 5.39. The number of carbonyl (C=O) groups is 2. The Morgan fingerprint density at radius 2 is 1.82 bits per heavy atom. The number of benzene rings is 2. The lowest BCUT2D eigenvalue weighted by molar-refractivity contribution is -0.169. The summed E-state index contributed by atoms with van der Waals surface area (Å²) >= 11 is 6.00. The molecule has 0 N–H and O–H groups in total. The molecule has 0 radical (unpaired) electrons. The van der Waals surface area contributed by atoms with Crippen LogP contribution in [-0.2, 0) is 16.0 Å². The van der Waals surface area contributed by atoms with Gasteiger partial charge >= 0.3 is 0 Å². The van der Waals surface area contributed by atoms with Crippen molar-refractivity contribution in [1.29, 1.82) is 0 Å². The first-order valence-corrected chi connectivity index (χ1v) is 13.3. The van der Waals surface area contributed by atoms with Crippen molar-refractivity contribution in [1.82, 2.24) is 24.8 Å². The summed E-state index contributed by atoms with van der Waals surface area (Å²) in [5.74, 6) is 0.481. The maximum atomic E-state index is 13.7. The topological polar surface area (TPSA) is 89.8 Å². The number of likely N-dealkylation sites (N-methyl/N-ethyl adjacent to an activating group) is 1. The van der Waals surface area contributed by atoms with Crippen LogP contribution in [0.15, 0.2) is 48.5 Å². The van der Waals surface area contributed by atoms with E-state index in [0.29, 0.717) is 42.5 Å². The Kier molecular flexibility index (Phi) is 7.67. The number of aromatic nitrogens is 3. The highest BCUT2D eigenvalue weighted by molar-refractivity contribution is 6.30. The van der Waals surface area contributed by atoms with Gasteiger partial charge in [0.05, 0.1) is 31.1 Å². The molecule has 1 aromatic heterocycles. The molecule has 1 spiro atoms. The lowest BCUT2D eigenvalue weighted by Crippen LogP contribution is -2.61. The lowest BCUT2D eigenvalue weighted by Gasteiger charge is -2.43. The summed E-state index contributed by atoms with van der Waals surface area (Å²) in [6, 6.07) is 15.1. The van der Waals surface area contributed by atoms with Gasteiger partial charge in [-0.3, -0.25) is 9.59 Å². The minimum Gasteiger partial charge on any atom is -0.491 e. The van der Waals surface area contributed by atoms with Gasteiger partial charge in [-0.1, -0.05) is 29.8 Å². The van der Waals surface area contributed by atoms with Crippen LogP contribution in [0, 0.1) is 6.92 Å². The first-order valence-electron chi connectivity index (χ1n) is 13.0. The molecule has 1 unspecified atom stereocenters. The highest BCUT2D eigenvalue weighted by Crippen LogP contribution is 2.30. The monoisotopic (exact) mass is 537 g/mol. The molecule has 38 heavy (non-hydrogen) atoms. The first kappa shape index (κ1) is 26.2. The average molecular weight is 538 g/mol. The van der Waals surface area contributed by atoms with Crippen molar-refractivity contribution >= 4 is 23.4 Å². The second-order valence-electron chi connectivity index (χ2n) is 9.86. The molecule has 1 saturated heterocycles. The second kappa shape index (κ2) is 11.1. The number of aryl methyl sites for hydroxylation is 2. The number of halogens is 1. The van der Waals surface area contributed by atoms with E-state index in [1.165, 1.54) is 4.80 Å². The number of carbonyl (C=O) groups excluding carboxylic acids is 2. The van der Waals surface area contributed by atoms with Crippen LogP contribution in [-0.4, -0.2) is 82.1 Å². The number of hydrogen-bond acceptors (Lipinski definition) is 6. The zero-order chi connectivity index (χ0) is 26.7. The third-order valence-corrected chi connectivity index (χ3v) is 7.44. The summed E-state index contributed by atoms with van der Waals surface area (Å²) in [4.78, 5) is 32.1. The number of fused-ring (bicyclic) bond motifs is 1. The largest absolute Gasteiger partial charge is 0.491 e. The van der Waals surface area contributed by atoms with Gasteiger partial charge in [0.2, 0.25) is 0 Å². The van der Waals surface area contributed by atoms with E-state index in [2.05, 4.69) is 16.3 Å². The molecule has 2 aromatic carbocycles. The van der Waals surface area contributed by atoms with Gasteiger partial charge in [-0.2, -0.15) is 9.90 Å². The minimum absolute atomic E-state index is 0.131. The lowest BCUT2D eigenvalue weighted by atomic mass is 9.91. The van der Waals surface area contributed by atoms with E-state index >= 15 is 0 Å². The molecule has 3 heterocycles. The van der Waals surface area contributed by atoms with Gasteiger partial charge in [-0.25, -0.2) is 0 Å². The maximum absolute atomic E-state index is 13.7. The SMILES string of the molecule is Cc1nn(-c2ccc(Cl)cc2)nc1C(=O)N1CCOC2(CCCCc3ccccc3OCCN(C)C2=O)C1. The van der Waals surface area contributed by atoms with E-state index in [4.69, 9.17) is 21.1 Å². The number of hydrogen-bond donors (Lipinski definition) is 0. The van der Waals surface area contributed by atoms with Crippen LogP contribution >= 0.6 is 11.6 Å². The predicted octanol–water partition coefficient (Wildman–Crippen LogP) is 3.70. The summed E-state index contributed by atoms with van der Waals surface area (Å²) in [6.07, 6.45) is 3.04. The Labute approximate surface area is 227 Å². The van der Waals surface area contributed by atoms with E-state index in [9.17, 15) is 9.59 Å². The van der Waals surface area contributed by atoms with Crippen LogP contribution in [0.5, 0.6) is 5.75 Å². The van der Waals surface area contributed by atoms with Gasteiger partial charge in [0.25, 0.3) is 11.8 Å². The molecule has 200 valence electrons. The molecule has 0 bridgehead atoms. The Balaban J connectivity index is 1.36. The Hall–Kier alpha value is -3.43. The molecule has 5 rings (SSSR count). The average Bonchev–Trinajstić information content (AvgIpc) is 3.32. The Morgan fingerprint density at radius 3 is 2.63 bits per heavy atom. The number of ether oxygens (including phenoxy) is 2. The molecule has 10 heteroatoms. The zero-order valence-corrected chi connectivity index (χ0v) is 22.5. The van der Waals surface area contributed by atoms with Crippen LogP contribution in [0.25, 0.3) is 5.69 Å². The number of amides is 2. The van der Waals surface area contributed by atoms with Crippen molar-refractivity contribution < 1.29 is 19.1 Å². The number of rotatable bonds is 2. The highest BCUT2D eigenvalue weighted by atomic mass is 35.5. The third-order valence-electron chi connectivity index (χ3n) is 7.19. The predicted molar refractivity (Wildman–Crippen MR) is 143 cm³/mol. The first-order chi connectivity index (χ1) is 18.4. The molecule has 2 aliphatic rings. The summed E-state index contributed by atoms with van der Waals surface area (Å²) in [5, 5.41) is 9.52. The minimum atomic E-state index is -1.11. The molecule has 1 atom stereocenters. The number of para-hydroxylation sites is 1. The standard InChI is InChI=1S/C28H32ClN5O4/c1-20-25(31-34(30-20)23-12-10-22(29)11-13-23)26(35)33-16-18-38-28(19-33)14-6-5-8-21-7-3-4-9-24(21)37-17-15-32(2)27(28)36/h3-4,7,9-13H,5-6,8,14-19H2,1-2H3. The van der Waals surface area contributed by atoms with E-state index in [-0.39, 0.29) is 30.7 Å². The van der Waals surface area contributed by atoms with Crippen molar-refractivity contribution in [3.05, 3.63) is 70.5 Å². The molecule has 1 fully saturated rings. The molecule has 0 aliphatic carbocycles. The van der Waals surface area contributed by atoms with Crippen LogP contribution in [0.4, 0.5) is 0 Å². The van der Waals surface area contributed by atoms with E-state index in [1.807, 2.05) is 18.2 Å².